The van der Waals surface area contributed by atoms with Gasteiger partial charge >= 0.3 is 0 Å². The van der Waals surface area contributed by atoms with Gasteiger partial charge in [-0.15, -0.1) is 0 Å². The molecule has 0 saturated heterocycles. The van der Waals surface area contributed by atoms with E-state index in [0.29, 0.717) is 6.04 Å². The first kappa shape index (κ1) is 16.0. The highest BCUT2D eigenvalue weighted by molar-refractivity contribution is 5.75. The van der Waals surface area contributed by atoms with Crippen molar-refractivity contribution in [3.8, 4) is 0 Å². The monoisotopic (exact) mass is 287 g/mol. The highest BCUT2D eigenvalue weighted by atomic mass is 15.1. The molecule has 1 N–H and O–H groups in total. The van der Waals surface area contributed by atoms with Gasteiger partial charge in [0.15, 0.2) is 0 Å². The van der Waals surface area contributed by atoms with Crippen molar-refractivity contribution < 1.29 is 0 Å². The zero-order valence-electron chi connectivity index (χ0n) is 13.7. The maximum absolute atomic E-state index is 4.81. The number of benzene rings is 1. The Bertz CT molecular complexity index is 544. The Labute approximate surface area is 128 Å². The van der Waals surface area contributed by atoms with E-state index in [1.165, 1.54) is 37.0 Å². The average Bonchev–Trinajstić information content (AvgIpc) is 2.88. The number of rotatable bonds is 9. The Morgan fingerprint density at radius 2 is 2.00 bits per heavy atom. The smallest absolute Gasteiger partial charge is 0.109 e. The summed E-state index contributed by atoms with van der Waals surface area (Å²) in [4.78, 5) is 4.81. The summed E-state index contributed by atoms with van der Waals surface area (Å²) in [6, 6.07) is 9.11. The molecule has 0 aliphatic carbocycles. The van der Waals surface area contributed by atoms with E-state index in [1.54, 1.807) is 0 Å². The van der Waals surface area contributed by atoms with Crippen LogP contribution in [0.3, 0.4) is 0 Å². The minimum atomic E-state index is 0.657. The van der Waals surface area contributed by atoms with Crippen molar-refractivity contribution in [2.45, 2.75) is 65.5 Å². The maximum Gasteiger partial charge on any atom is 0.109 e. The van der Waals surface area contributed by atoms with E-state index in [2.05, 4.69) is 54.9 Å². The number of para-hydroxylation sites is 2. The van der Waals surface area contributed by atoms with Gasteiger partial charge in [-0.2, -0.15) is 0 Å². The average molecular weight is 287 g/mol. The second-order valence-corrected chi connectivity index (χ2v) is 5.71. The standard InChI is InChI=1S/C18H29N3/c1-4-14-19-15(5-2)10-9-13-18-20-16-11-7-8-12-17(16)21(18)6-3/h7-8,11-12,15,19H,4-6,9-10,13-14H2,1-3H3. The SMILES string of the molecule is CCCNC(CC)CCCc1nc2ccccc2n1CC. The van der Waals surface area contributed by atoms with Crippen molar-refractivity contribution in [2.75, 3.05) is 6.54 Å². The number of hydrogen-bond acceptors (Lipinski definition) is 2. The number of nitrogens with one attached hydrogen (secondary N) is 1. The van der Waals surface area contributed by atoms with E-state index < -0.39 is 0 Å². The molecule has 1 aromatic heterocycles. The fraction of sp³-hybridized carbons (Fsp3) is 0.611. The largest absolute Gasteiger partial charge is 0.328 e. The Morgan fingerprint density at radius 3 is 2.71 bits per heavy atom. The van der Waals surface area contributed by atoms with Crippen molar-refractivity contribution in [1.29, 1.82) is 0 Å². The number of fused-ring (bicyclic) bond motifs is 1. The summed E-state index contributed by atoms with van der Waals surface area (Å²) in [6.07, 6.45) is 5.95. The van der Waals surface area contributed by atoms with Crippen LogP contribution >= 0.6 is 0 Å². The van der Waals surface area contributed by atoms with Crippen LogP contribution in [0.15, 0.2) is 24.3 Å². The van der Waals surface area contributed by atoms with Crippen molar-refractivity contribution in [1.82, 2.24) is 14.9 Å². The Morgan fingerprint density at radius 1 is 1.19 bits per heavy atom. The highest BCUT2D eigenvalue weighted by Crippen LogP contribution is 2.17. The van der Waals surface area contributed by atoms with Crippen LogP contribution in [0.25, 0.3) is 11.0 Å². The van der Waals surface area contributed by atoms with E-state index in [1.807, 2.05) is 0 Å². The third kappa shape index (κ3) is 4.07. The third-order valence-electron chi connectivity index (χ3n) is 4.18. The topological polar surface area (TPSA) is 29.9 Å². The van der Waals surface area contributed by atoms with E-state index in [-0.39, 0.29) is 0 Å². The zero-order valence-corrected chi connectivity index (χ0v) is 13.7. The summed E-state index contributed by atoms with van der Waals surface area (Å²) in [5.41, 5.74) is 2.40. The van der Waals surface area contributed by atoms with Crippen LogP contribution in [0.1, 0.15) is 52.3 Å². The van der Waals surface area contributed by atoms with Crippen LogP contribution in [0.4, 0.5) is 0 Å². The molecule has 2 rings (SSSR count). The minimum Gasteiger partial charge on any atom is -0.328 e. The molecule has 21 heavy (non-hydrogen) atoms. The second-order valence-electron chi connectivity index (χ2n) is 5.71. The summed E-state index contributed by atoms with van der Waals surface area (Å²) in [5, 5.41) is 3.63. The maximum atomic E-state index is 4.81. The van der Waals surface area contributed by atoms with E-state index in [0.717, 1.165) is 25.0 Å². The predicted molar refractivity (Wildman–Crippen MR) is 90.7 cm³/mol. The van der Waals surface area contributed by atoms with Gasteiger partial charge in [-0.25, -0.2) is 4.98 Å². The Hall–Kier alpha value is -1.35. The van der Waals surface area contributed by atoms with Gasteiger partial charge in [0.05, 0.1) is 11.0 Å². The van der Waals surface area contributed by atoms with Gasteiger partial charge in [-0.1, -0.05) is 26.0 Å². The van der Waals surface area contributed by atoms with Crippen LogP contribution < -0.4 is 5.32 Å². The summed E-state index contributed by atoms with van der Waals surface area (Å²) in [6.45, 7) is 8.83. The number of imidazole rings is 1. The van der Waals surface area contributed by atoms with Crippen LogP contribution in [-0.4, -0.2) is 22.1 Å². The molecule has 3 heteroatoms. The van der Waals surface area contributed by atoms with Crippen molar-refractivity contribution in [2.24, 2.45) is 0 Å². The first-order valence-corrected chi connectivity index (χ1v) is 8.47. The summed E-state index contributed by atoms with van der Waals surface area (Å²) < 4.78 is 2.36. The van der Waals surface area contributed by atoms with Crippen molar-refractivity contribution in [3.05, 3.63) is 30.1 Å². The quantitative estimate of drug-likeness (QED) is 0.750. The van der Waals surface area contributed by atoms with Gasteiger partial charge < -0.3 is 9.88 Å². The molecule has 1 aromatic carbocycles. The zero-order chi connectivity index (χ0) is 15.1. The molecule has 3 nitrogen and oxygen atoms in total. The molecule has 0 aliphatic rings. The molecule has 1 unspecified atom stereocenters. The second kappa shape index (κ2) is 8.18. The van der Waals surface area contributed by atoms with Crippen LogP contribution in [0.5, 0.6) is 0 Å². The minimum absolute atomic E-state index is 0.657. The summed E-state index contributed by atoms with van der Waals surface area (Å²) in [7, 11) is 0. The molecule has 0 saturated carbocycles. The highest BCUT2D eigenvalue weighted by Gasteiger charge is 2.10. The fourth-order valence-corrected chi connectivity index (χ4v) is 2.97. The van der Waals surface area contributed by atoms with Gasteiger partial charge in [0, 0.05) is 19.0 Å². The molecule has 0 spiro atoms. The lowest BCUT2D eigenvalue weighted by molar-refractivity contribution is 0.452. The van der Waals surface area contributed by atoms with Crippen molar-refractivity contribution in [3.63, 3.8) is 0 Å². The normalized spacial score (nSPS) is 12.9. The van der Waals surface area contributed by atoms with Gasteiger partial charge in [-0.3, -0.25) is 0 Å². The molecule has 116 valence electrons. The van der Waals surface area contributed by atoms with E-state index in [9.17, 15) is 0 Å². The van der Waals surface area contributed by atoms with Crippen LogP contribution in [0.2, 0.25) is 0 Å². The molecule has 1 atom stereocenters. The summed E-state index contributed by atoms with van der Waals surface area (Å²) >= 11 is 0. The predicted octanol–water partition coefficient (Wildman–Crippen LogP) is 4.16. The van der Waals surface area contributed by atoms with Gasteiger partial charge in [0.1, 0.15) is 5.82 Å². The number of aryl methyl sites for hydroxylation is 2. The van der Waals surface area contributed by atoms with Crippen LogP contribution in [0, 0.1) is 0 Å². The number of hydrogen-bond donors (Lipinski definition) is 1. The van der Waals surface area contributed by atoms with Crippen LogP contribution in [-0.2, 0) is 13.0 Å². The molecule has 0 aliphatic heterocycles. The van der Waals surface area contributed by atoms with Gasteiger partial charge in [0.2, 0.25) is 0 Å². The Kier molecular flexibility index (Phi) is 6.24. The number of aromatic nitrogens is 2. The molecule has 0 fully saturated rings. The Balaban J connectivity index is 1.96. The lowest BCUT2D eigenvalue weighted by Gasteiger charge is -2.16. The number of nitrogens with zero attached hydrogens (tertiary/aromatic N) is 2. The molecule has 0 amide bonds. The molecule has 0 bridgehead atoms. The molecule has 0 radical (unpaired) electrons. The third-order valence-corrected chi connectivity index (χ3v) is 4.18. The van der Waals surface area contributed by atoms with E-state index in [4.69, 9.17) is 4.98 Å². The van der Waals surface area contributed by atoms with Gasteiger partial charge in [-0.05, 0) is 51.3 Å². The fourth-order valence-electron chi connectivity index (χ4n) is 2.97. The lowest BCUT2D eigenvalue weighted by atomic mass is 10.1. The molecule has 1 heterocycles. The first-order valence-electron chi connectivity index (χ1n) is 8.47. The van der Waals surface area contributed by atoms with Crippen molar-refractivity contribution >= 4 is 11.0 Å². The first-order chi connectivity index (χ1) is 10.3. The van der Waals surface area contributed by atoms with E-state index >= 15 is 0 Å². The lowest BCUT2D eigenvalue weighted by Crippen LogP contribution is -2.29. The molecular weight excluding hydrogens is 258 g/mol. The molecule has 2 aromatic rings. The van der Waals surface area contributed by atoms with Gasteiger partial charge in [0.25, 0.3) is 0 Å². The molecular formula is C18H29N3. The summed E-state index contributed by atoms with van der Waals surface area (Å²) in [5.74, 6) is 1.24.